The number of nitrogens with two attached hydrogens (primary N) is 1. The number of rotatable bonds is 7. The number of nitrogens with zero attached hydrogens (tertiary/aromatic N) is 5. The minimum absolute atomic E-state index is 0.236. The molecule has 1 fully saturated rings. The SMILES string of the molecule is COc1ccc(COc2cc(-c3nc(-c4nccs4)cc(N)c3C#N)nc(N3CCC(C)(O)C3)c2)cc1. The van der Waals surface area contributed by atoms with Crippen molar-refractivity contribution in [2.75, 3.05) is 30.8 Å². The number of anilines is 2. The standard InChI is InChI=1S/C27H26N6O3S/c1-27(34)7-9-33(16-27)24-12-19(36-15-17-3-5-18(35-2)6-4-17)11-22(31-24)25-20(14-28)21(29)13-23(32-25)26-30-8-10-37-26/h3-6,8,10-13,34H,7,9,15-16H2,1-2H3,(H2,29,32). The van der Waals surface area contributed by atoms with E-state index >= 15 is 0 Å². The third-order valence-corrected chi connectivity index (χ3v) is 6.98. The van der Waals surface area contributed by atoms with Gasteiger partial charge in [-0.2, -0.15) is 5.26 Å². The van der Waals surface area contributed by atoms with Crippen LogP contribution in [0, 0.1) is 11.3 Å². The van der Waals surface area contributed by atoms with Crippen LogP contribution < -0.4 is 20.1 Å². The van der Waals surface area contributed by atoms with Gasteiger partial charge >= 0.3 is 0 Å². The monoisotopic (exact) mass is 514 g/mol. The normalized spacial score (nSPS) is 17.0. The van der Waals surface area contributed by atoms with Crippen LogP contribution in [0.3, 0.4) is 0 Å². The average Bonchev–Trinajstić information content (AvgIpc) is 3.57. The molecule has 37 heavy (non-hydrogen) atoms. The van der Waals surface area contributed by atoms with Crippen LogP contribution in [-0.4, -0.2) is 45.9 Å². The fraction of sp³-hybridized carbons (Fsp3) is 0.259. The van der Waals surface area contributed by atoms with Crippen LogP contribution in [0.15, 0.2) is 54.0 Å². The van der Waals surface area contributed by atoms with E-state index in [0.29, 0.717) is 65.5 Å². The molecule has 1 aromatic carbocycles. The Morgan fingerprint density at radius 3 is 2.62 bits per heavy atom. The van der Waals surface area contributed by atoms with Gasteiger partial charge in [0.25, 0.3) is 0 Å². The molecule has 4 aromatic rings. The topological polar surface area (TPSA) is 130 Å². The fourth-order valence-electron chi connectivity index (χ4n) is 4.21. The molecule has 1 aliphatic rings. The Bertz CT molecular complexity index is 1450. The molecule has 0 spiro atoms. The van der Waals surface area contributed by atoms with Crippen molar-refractivity contribution in [3.63, 3.8) is 0 Å². The second kappa shape index (κ2) is 10.0. The zero-order chi connectivity index (χ0) is 26.0. The summed E-state index contributed by atoms with van der Waals surface area (Å²) >= 11 is 1.43. The summed E-state index contributed by atoms with van der Waals surface area (Å²) in [6.07, 6.45) is 2.31. The van der Waals surface area contributed by atoms with Gasteiger partial charge in [-0.1, -0.05) is 12.1 Å². The van der Waals surface area contributed by atoms with Crippen molar-refractivity contribution < 1.29 is 14.6 Å². The highest BCUT2D eigenvalue weighted by Gasteiger charge is 2.32. The Hall–Kier alpha value is -4.20. The molecule has 3 N–H and O–H groups in total. The van der Waals surface area contributed by atoms with Crippen LogP contribution in [0.25, 0.3) is 22.1 Å². The van der Waals surface area contributed by atoms with E-state index in [1.807, 2.05) is 47.5 Å². The number of thiazole rings is 1. The van der Waals surface area contributed by atoms with Gasteiger partial charge < -0.3 is 25.2 Å². The lowest BCUT2D eigenvalue weighted by Gasteiger charge is -2.21. The molecule has 5 rings (SSSR count). The van der Waals surface area contributed by atoms with Crippen molar-refractivity contribution in [1.29, 1.82) is 5.26 Å². The summed E-state index contributed by atoms with van der Waals surface area (Å²) in [5, 5.41) is 23.0. The molecule has 188 valence electrons. The molecule has 3 aromatic heterocycles. The summed E-state index contributed by atoms with van der Waals surface area (Å²) in [7, 11) is 1.63. The largest absolute Gasteiger partial charge is 0.497 e. The number of methoxy groups -OCH3 is 1. The number of nitrogen functional groups attached to an aromatic ring is 1. The number of hydrogen-bond donors (Lipinski definition) is 2. The summed E-state index contributed by atoms with van der Waals surface area (Å²) in [6, 6.07) is 15.1. The molecule has 0 saturated carbocycles. The van der Waals surface area contributed by atoms with Gasteiger partial charge in [0.05, 0.1) is 24.1 Å². The van der Waals surface area contributed by atoms with Crippen LogP contribution in [0.5, 0.6) is 11.5 Å². The average molecular weight is 515 g/mol. The number of aliphatic hydroxyl groups is 1. The fourth-order valence-corrected chi connectivity index (χ4v) is 4.81. The highest BCUT2D eigenvalue weighted by Crippen LogP contribution is 2.35. The van der Waals surface area contributed by atoms with E-state index in [2.05, 4.69) is 11.1 Å². The lowest BCUT2D eigenvalue weighted by atomic mass is 10.1. The van der Waals surface area contributed by atoms with E-state index in [9.17, 15) is 10.4 Å². The quantitative estimate of drug-likeness (QED) is 0.371. The summed E-state index contributed by atoms with van der Waals surface area (Å²) < 4.78 is 11.4. The van der Waals surface area contributed by atoms with Crippen molar-refractivity contribution in [3.05, 3.63) is 65.2 Å². The molecule has 1 aliphatic heterocycles. The highest BCUT2D eigenvalue weighted by molar-refractivity contribution is 7.13. The Morgan fingerprint density at radius 1 is 1.16 bits per heavy atom. The molecule has 0 radical (unpaired) electrons. The van der Waals surface area contributed by atoms with E-state index in [1.54, 1.807) is 25.4 Å². The van der Waals surface area contributed by atoms with Gasteiger partial charge in [0.1, 0.15) is 52.0 Å². The summed E-state index contributed by atoms with van der Waals surface area (Å²) in [5.74, 6) is 1.96. The Kier molecular flexibility index (Phi) is 6.65. The van der Waals surface area contributed by atoms with E-state index < -0.39 is 5.60 Å². The number of pyridine rings is 2. The predicted molar refractivity (Wildman–Crippen MR) is 142 cm³/mol. The molecule has 1 atom stereocenters. The van der Waals surface area contributed by atoms with Crippen LogP contribution in [0.1, 0.15) is 24.5 Å². The third kappa shape index (κ3) is 5.33. The summed E-state index contributed by atoms with van der Waals surface area (Å²) in [5.41, 5.74) is 8.34. The number of β-amino-alcohol motifs (C(OH)–C–C–N with tert-alkyl or cyclic N) is 1. The van der Waals surface area contributed by atoms with Gasteiger partial charge in [0.15, 0.2) is 0 Å². The van der Waals surface area contributed by atoms with Crippen molar-refractivity contribution in [2.45, 2.75) is 25.6 Å². The number of hydrogen-bond acceptors (Lipinski definition) is 10. The maximum atomic E-state index is 10.5. The van der Waals surface area contributed by atoms with Crippen molar-refractivity contribution in [2.24, 2.45) is 0 Å². The minimum atomic E-state index is -0.812. The first-order chi connectivity index (χ1) is 17.8. The Labute approximate surface area is 218 Å². The van der Waals surface area contributed by atoms with E-state index in [1.165, 1.54) is 11.3 Å². The van der Waals surface area contributed by atoms with Gasteiger partial charge in [-0.3, -0.25) is 0 Å². The van der Waals surface area contributed by atoms with Crippen LogP contribution in [0.4, 0.5) is 11.5 Å². The summed E-state index contributed by atoms with van der Waals surface area (Å²) in [4.78, 5) is 15.9. The lowest BCUT2D eigenvalue weighted by molar-refractivity contribution is 0.0839. The molecule has 4 heterocycles. The van der Waals surface area contributed by atoms with Crippen LogP contribution >= 0.6 is 11.3 Å². The molecular formula is C27H26N6O3S. The molecular weight excluding hydrogens is 488 g/mol. The van der Waals surface area contributed by atoms with Gasteiger partial charge in [0.2, 0.25) is 0 Å². The lowest BCUT2D eigenvalue weighted by Crippen LogP contribution is -2.30. The van der Waals surface area contributed by atoms with Crippen molar-refractivity contribution >= 4 is 22.8 Å². The second-order valence-corrected chi connectivity index (χ2v) is 10.0. The number of ether oxygens (including phenoxy) is 2. The maximum absolute atomic E-state index is 10.5. The third-order valence-electron chi connectivity index (χ3n) is 6.18. The summed E-state index contributed by atoms with van der Waals surface area (Å²) in [6.45, 7) is 3.21. The molecule has 10 heteroatoms. The first kappa shape index (κ1) is 24.5. The number of aromatic nitrogens is 3. The maximum Gasteiger partial charge on any atom is 0.141 e. The zero-order valence-corrected chi connectivity index (χ0v) is 21.3. The van der Waals surface area contributed by atoms with E-state index in [4.69, 9.17) is 25.2 Å². The highest BCUT2D eigenvalue weighted by atomic mass is 32.1. The molecule has 0 bridgehead atoms. The van der Waals surface area contributed by atoms with E-state index in [0.717, 1.165) is 11.3 Å². The first-order valence-corrected chi connectivity index (χ1v) is 12.6. The number of benzene rings is 1. The molecule has 9 nitrogen and oxygen atoms in total. The second-order valence-electron chi connectivity index (χ2n) is 9.12. The molecule has 1 saturated heterocycles. The molecule has 0 aliphatic carbocycles. The molecule has 1 unspecified atom stereocenters. The minimum Gasteiger partial charge on any atom is -0.497 e. The van der Waals surface area contributed by atoms with Crippen LogP contribution in [0.2, 0.25) is 0 Å². The van der Waals surface area contributed by atoms with Gasteiger partial charge in [-0.15, -0.1) is 11.3 Å². The van der Waals surface area contributed by atoms with Crippen molar-refractivity contribution in [3.8, 4) is 39.7 Å². The van der Waals surface area contributed by atoms with Gasteiger partial charge in [0, 0.05) is 36.8 Å². The number of nitriles is 1. The Morgan fingerprint density at radius 2 is 1.97 bits per heavy atom. The predicted octanol–water partition coefficient (Wildman–Crippen LogP) is 4.27. The molecule has 0 amide bonds. The van der Waals surface area contributed by atoms with E-state index in [-0.39, 0.29) is 5.56 Å². The van der Waals surface area contributed by atoms with Gasteiger partial charge in [-0.25, -0.2) is 15.0 Å². The Balaban J connectivity index is 1.56. The first-order valence-electron chi connectivity index (χ1n) is 11.7. The van der Waals surface area contributed by atoms with Crippen molar-refractivity contribution in [1.82, 2.24) is 15.0 Å². The smallest absolute Gasteiger partial charge is 0.141 e. The van der Waals surface area contributed by atoms with Crippen LogP contribution in [-0.2, 0) is 6.61 Å². The van der Waals surface area contributed by atoms with Gasteiger partial charge in [-0.05, 0) is 37.1 Å². The zero-order valence-electron chi connectivity index (χ0n) is 20.5.